The second-order valence-corrected chi connectivity index (χ2v) is 6.03. The number of nitrogen functional groups attached to an aromatic ring is 1. The molecular weight excluding hydrogens is 244 g/mol. The zero-order valence-electron chi connectivity index (χ0n) is 11.0. The van der Waals surface area contributed by atoms with Gasteiger partial charge in [0.05, 0.1) is 15.6 Å². The minimum absolute atomic E-state index is 0.144. The summed E-state index contributed by atoms with van der Waals surface area (Å²) in [6, 6.07) is 0. The van der Waals surface area contributed by atoms with E-state index in [1.165, 1.54) is 38.8 Å². The first kappa shape index (κ1) is 13.5. The van der Waals surface area contributed by atoms with E-state index in [4.69, 9.17) is 11.1 Å². The number of hydrogen-bond donors (Lipinski definition) is 2. The zero-order chi connectivity index (χ0) is 13.0. The van der Waals surface area contributed by atoms with Crippen molar-refractivity contribution >= 4 is 17.2 Å². The highest BCUT2D eigenvalue weighted by Crippen LogP contribution is 2.18. The van der Waals surface area contributed by atoms with Gasteiger partial charge in [-0.3, -0.25) is 5.41 Å². The van der Waals surface area contributed by atoms with Crippen LogP contribution in [0.5, 0.6) is 0 Å². The van der Waals surface area contributed by atoms with Crippen LogP contribution in [0.25, 0.3) is 0 Å². The van der Waals surface area contributed by atoms with Gasteiger partial charge in [0.15, 0.2) is 0 Å². The topological polar surface area (TPSA) is 66.0 Å². The fourth-order valence-electron chi connectivity index (χ4n) is 2.42. The van der Waals surface area contributed by atoms with Crippen molar-refractivity contribution in [2.75, 3.05) is 19.6 Å². The number of nitrogens with zero attached hydrogens (tertiary/aromatic N) is 2. The molecule has 0 aliphatic carbocycles. The van der Waals surface area contributed by atoms with Crippen molar-refractivity contribution in [2.24, 2.45) is 5.73 Å². The fraction of sp³-hybridized carbons (Fsp3) is 0.692. The van der Waals surface area contributed by atoms with Crippen molar-refractivity contribution in [2.45, 2.75) is 39.0 Å². The molecule has 0 bridgehead atoms. The van der Waals surface area contributed by atoms with Crippen molar-refractivity contribution < 1.29 is 0 Å². The zero-order valence-corrected chi connectivity index (χ0v) is 11.9. The molecule has 0 atom stereocenters. The fourth-order valence-corrected chi connectivity index (χ4v) is 3.34. The summed E-state index contributed by atoms with van der Waals surface area (Å²) in [6.45, 7) is 5.47. The molecule has 0 aromatic carbocycles. The monoisotopic (exact) mass is 266 g/mol. The maximum atomic E-state index is 7.48. The molecule has 1 aromatic rings. The molecule has 0 spiro atoms. The molecule has 4 nitrogen and oxygen atoms in total. The molecule has 0 radical (unpaired) electrons. The number of amidine groups is 1. The van der Waals surface area contributed by atoms with Crippen LogP contribution in [0.3, 0.4) is 0 Å². The Labute approximate surface area is 113 Å². The van der Waals surface area contributed by atoms with Gasteiger partial charge in [-0.25, -0.2) is 4.98 Å². The summed E-state index contributed by atoms with van der Waals surface area (Å²) in [5.74, 6) is 0.144. The predicted molar refractivity (Wildman–Crippen MR) is 76.5 cm³/mol. The van der Waals surface area contributed by atoms with Gasteiger partial charge in [0.1, 0.15) is 5.84 Å². The van der Waals surface area contributed by atoms with E-state index in [1.54, 1.807) is 11.3 Å². The van der Waals surface area contributed by atoms with Crippen LogP contribution < -0.4 is 5.73 Å². The molecule has 1 aliphatic rings. The summed E-state index contributed by atoms with van der Waals surface area (Å²) in [5, 5.41) is 8.60. The molecule has 2 heterocycles. The standard InChI is InChI=1S/C13H22N4S/c1-10-12(13(14)15)18-11(16-10)6-9-17-7-4-2-3-5-8-17/h2-9H2,1H3,(H3,14,15). The summed E-state index contributed by atoms with van der Waals surface area (Å²) < 4.78 is 0. The third-order valence-corrected chi connectivity index (χ3v) is 4.68. The van der Waals surface area contributed by atoms with Crippen LogP contribution in [0.1, 0.15) is 41.3 Å². The lowest BCUT2D eigenvalue weighted by Gasteiger charge is -2.18. The average molecular weight is 266 g/mol. The molecule has 1 fully saturated rings. The molecule has 0 saturated carbocycles. The van der Waals surface area contributed by atoms with Gasteiger partial charge in [0, 0.05) is 13.0 Å². The maximum Gasteiger partial charge on any atom is 0.135 e. The normalized spacial score (nSPS) is 17.6. The number of hydrogen-bond acceptors (Lipinski definition) is 4. The Morgan fingerprint density at radius 2 is 2.00 bits per heavy atom. The lowest BCUT2D eigenvalue weighted by Crippen LogP contribution is -2.26. The lowest BCUT2D eigenvalue weighted by molar-refractivity contribution is 0.288. The van der Waals surface area contributed by atoms with Crippen molar-refractivity contribution in [1.82, 2.24) is 9.88 Å². The first-order valence-corrected chi connectivity index (χ1v) is 7.51. The Hall–Kier alpha value is -0.940. The van der Waals surface area contributed by atoms with Gasteiger partial charge < -0.3 is 10.6 Å². The molecular formula is C13H22N4S. The Bertz CT molecular complexity index is 405. The highest BCUT2D eigenvalue weighted by molar-refractivity contribution is 7.13. The van der Waals surface area contributed by atoms with Crippen molar-refractivity contribution in [3.63, 3.8) is 0 Å². The molecule has 1 aliphatic heterocycles. The Kier molecular flexibility index (Phi) is 4.72. The van der Waals surface area contributed by atoms with Crippen molar-refractivity contribution in [3.05, 3.63) is 15.6 Å². The Morgan fingerprint density at radius 1 is 1.33 bits per heavy atom. The van der Waals surface area contributed by atoms with Crippen molar-refractivity contribution in [1.29, 1.82) is 5.41 Å². The van der Waals surface area contributed by atoms with E-state index in [0.29, 0.717) is 0 Å². The van der Waals surface area contributed by atoms with Gasteiger partial charge in [-0.15, -0.1) is 11.3 Å². The van der Waals surface area contributed by atoms with Gasteiger partial charge in [-0.2, -0.15) is 0 Å². The van der Waals surface area contributed by atoms with Crippen molar-refractivity contribution in [3.8, 4) is 0 Å². The molecule has 0 unspecified atom stereocenters. The van der Waals surface area contributed by atoms with Gasteiger partial charge in [-0.1, -0.05) is 12.8 Å². The van der Waals surface area contributed by atoms with Crippen LogP contribution in [-0.2, 0) is 6.42 Å². The third-order valence-electron chi connectivity index (χ3n) is 3.43. The van der Waals surface area contributed by atoms with Gasteiger partial charge >= 0.3 is 0 Å². The van der Waals surface area contributed by atoms with E-state index in [2.05, 4.69) is 9.88 Å². The first-order valence-electron chi connectivity index (χ1n) is 6.70. The third kappa shape index (κ3) is 3.53. The smallest absolute Gasteiger partial charge is 0.135 e. The summed E-state index contributed by atoms with van der Waals surface area (Å²) in [4.78, 5) is 7.88. The molecule has 1 aromatic heterocycles. The van der Waals surface area contributed by atoms with E-state index >= 15 is 0 Å². The number of nitrogens with two attached hydrogens (primary N) is 1. The summed E-state index contributed by atoms with van der Waals surface area (Å²) >= 11 is 1.57. The first-order chi connectivity index (χ1) is 8.66. The van der Waals surface area contributed by atoms with E-state index in [9.17, 15) is 0 Å². The maximum absolute atomic E-state index is 7.48. The summed E-state index contributed by atoms with van der Waals surface area (Å²) in [7, 11) is 0. The number of likely N-dealkylation sites (tertiary alicyclic amines) is 1. The van der Waals surface area contributed by atoms with E-state index in [-0.39, 0.29) is 5.84 Å². The molecule has 5 heteroatoms. The van der Waals surface area contributed by atoms with Crippen LogP contribution in [0, 0.1) is 12.3 Å². The predicted octanol–water partition coefficient (Wildman–Crippen LogP) is 2.15. The van der Waals surface area contributed by atoms with Gasteiger partial charge in [0.2, 0.25) is 0 Å². The number of aromatic nitrogens is 1. The molecule has 100 valence electrons. The molecule has 3 N–H and O–H groups in total. The highest BCUT2D eigenvalue weighted by Gasteiger charge is 2.12. The minimum atomic E-state index is 0.144. The van der Waals surface area contributed by atoms with Crippen LogP contribution in [-0.4, -0.2) is 35.4 Å². The lowest BCUT2D eigenvalue weighted by atomic mass is 10.2. The SMILES string of the molecule is Cc1nc(CCN2CCCCCC2)sc1C(=N)N. The molecule has 2 rings (SSSR count). The van der Waals surface area contributed by atoms with Gasteiger partial charge in [0.25, 0.3) is 0 Å². The molecule has 0 amide bonds. The molecule has 18 heavy (non-hydrogen) atoms. The van der Waals surface area contributed by atoms with E-state index in [0.717, 1.165) is 28.5 Å². The quantitative estimate of drug-likeness (QED) is 0.648. The van der Waals surface area contributed by atoms with E-state index < -0.39 is 0 Å². The summed E-state index contributed by atoms with van der Waals surface area (Å²) in [5.41, 5.74) is 6.43. The second-order valence-electron chi connectivity index (χ2n) is 4.94. The van der Waals surface area contributed by atoms with Crippen LogP contribution in [0.2, 0.25) is 0 Å². The number of thiazole rings is 1. The number of rotatable bonds is 4. The largest absolute Gasteiger partial charge is 0.383 e. The van der Waals surface area contributed by atoms with Gasteiger partial charge in [-0.05, 0) is 32.9 Å². The highest BCUT2D eigenvalue weighted by atomic mass is 32.1. The Morgan fingerprint density at radius 3 is 2.56 bits per heavy atom. The second kappa shape index (κ2) is 6.29. The number of aryl methyl sites for hydroxylation is 1. The van der Waals surface area contributed by atoms with Crippen LogP contribution in [0.15, 0.2) is 0 Å². The summed E-state index contributed by atoms with van der Waals surface area (Å²) in [6.07, 6.45) is 6.40. The number of nitrogens with one attached hydrogen (secondary N) is 1. The average Bonchev–Trinajstić information content (AvgIpc) is 2.55. The molecule has 1 saturated heterocycles. The van der Waals surface area contributed by atoms with E-state index in [1.807, 2.05) is 6.92 Å². The minimum Gasteiger partial charge on any atom is -0.383 e. The van der Waals surface area contributed by atoms with Crippen LogP contribution >= 0.6 is 11.3 Å². The Balaban J connectivity index is 1.89. The van der Waals surface area contributed by atoms with Crippen LogP contribution in [0.4, 0.5) is 0 Å².